The molecule has 1 aliphatic carbocycles. The highest BCUT2D eigenvalue weighted by atomic mass is 79.9. The van der Waals surface area contributed by atoms with E-state index in [9.17, 15) is 4.79 Å². The van der Waals surface area contributed by atoms with Crippen molar-refractivity contribution in [2.24, 2.45) is 5.73 Å². The maximum Gasteiger partial charge on any atom is 0.154 e. The number of anilines is 1. The predicted molar refractivity (Wildman–Crippen MR) is 211 cm³/mol. The number of benzene rings is 6. The van der Waals surface area contributed by atoms with Gasteiger partial charge in [0.1, 0.15) is 5.54 Å². The number of aryl methyl sites for hydroxylation is 1. The third-order valence-corrected chi connectivity index (χ3v) is 11.5. The molecule has 6 aromatic rings. The van der Waals surface area contributed by atoms with Crippen molar-refractivity contribution in [1.82, 2.24) is 0 Å². The van der Waals surface area contributed by atoms with E-state index in [1.165, 1.54) is 66.2 Å². The van der Waals surface area contributed by atoms with Crippen molar-refractivity contribution in [3.63, 3.8) is 0 Å². The first-order chi connectivity index (χ1) is 23.5. The van der Waals surface area contributed by atoms with Gasteiger partial charge in [0.05, 0.1) is 5.54 Å². The third-order valence-electron chi connectivity index (χ3n) is 10.4. The molecule has 3 nitrogen and oxygen atoms in total. The summed E-state index contributed by atoms with van der Waals surface area (Å²) in [4.78, 5) is 12.9. The van der Waals surface area contributed by atoms with Crippen molar-refractivity contribution in [1.29, 1.82) is 0 Å². The maximum absolute atomic E-state index is 12.9. The number of para-hydroxylation sites is 1. The molecule has 0 amide bonds. The second-order valence-electron chi connectivity index (χ2n) is 14.3. The molecule has 0 aromatic heterocycles. The fourth-order valence-electron chi connectivity index (χ4n) is 8.02. The summed E-state index contributed by atoms with van der Waals surface area (Å²) in [5.74, 6) is 0.202. The van der Waals surface area contributed by atoms with E-state index in [0.29, 0.717) is 6.42 Å². The molecule has 0 bridgehead atoms. The van der Waals surface area contributed by atoms with Crippen LogP contribution in [0.5, 0.6) is 0 Å². The van der Waals surface area contributed by atoms with Crippen molar-refractivity contribution in [3.8, 4) is 11.1 Å². The van der Waals surface area contributed by atoms with Crippen molar-refractivity contribution in [2.75, 3.05) is 5.32 Å². The predicted octanol–water partition coefficient (Wildman–Crippen LogP) is 11.7. The van der Waals surface area contributed by atoms with Crippen LogP contribution in [0.3, 0.4) is 0 Å². The topological polar surface area (TPSA) is 55.1 Å². The molecule has 0 spiro atoms. The van der Waals surface area contributed by atoms with Crippen LogP contribution in [-0.4, -0.2) is 11.3 Å². The van der Waals surface area contributed by atoms with Gasteiger partial charge in [0, 0.05) is 21.6 Å². The summed E-state index contributed by atoms with van der Waals surface area (Å²) >= 11 is 3.86. The Hall–Kier alpha value is -4.51. The SMILES string of the molecule is CC(=O)C1(N)CCC(c2ccccc2)c2c1ccc1c2cc(-c2cccc(C)c2Br)c2ccccc21.CC1=CC(C)(C)Nc2ccccc21. The third kappa shape index (κ3) is 5.92. The fourth-order valence-corrected chi connectivity index (χ4v) is 8.50. The molecule has 0 radical (unpaired) electrons. The summed E-state index contributed by atoms with van der Waals surface area (Å²) in [7, 11) is 0. The smallest absolute Gasteiger partial charge is 0.154 e. The van der Waals surface area contributed by atoms with Gasteiger partial charge in [-0.2, -0.15) is 0 Å². The van der Waals surface area contributed by atoms with Crippen LogP contribution in [0.25, 0.3) is 38.2 Å². The van der Waals surface area contributed by atoms with E-state index >= 15 is 0 Å². The molecule has 246 valence electrons. The van der Waals surface area contributed by atoms with E-state index < -0.39 is 5.54 Å². The second-order valence-corrected chi connectivity index (χ2v) is 15.1. The van der Waals surface area contributed by atoms with Crippen molar-refractivity contribution in [2.45, 2.75) is 64.5 Å². The molecule has 1 aliphatic heterocycles. The van der Waals surface area contributed by atoms with Gasteiger partial charge in [-0.25, -0.2) is 0 Å². The zero-order valence-electron chi connectivity index (χ0n) is 28.9. The first-order valence-corrected chi connectivity index (χ1v) is 17.9. The highest BCUT2D eigenvalue weighted by molar-refractivity contribution is 9.10. The standard InChI is InChI=1S/C33H28BrNO.C12H15N/c1-20-9-8-14-27(32(20)34)28-19-29-26(24-12-6-7-13-25(24)28)15-16-30-31(29)23(22-10-4-3-5-11-22)17-18-33(30,35)21(2)36;1-9-8-12(2,3)13-11-7-5-4-6-10(9)11/h3-16,19,23H,17-18,35H2,1-2H3;4-8,13H,1-3H3. The van der Waals surface area contributed by atoms with E-state index in [-0.39, 0.29) is 17.2 Å². The molecule has 3 N–H and O–H groups in total. The largest absolute Gasteiger partial charge is 0.376 e. The normalized spacial score (nSPS) is 19.2. The number of rotatable bonds is 3. The Bertz CT molecular complexity index is 2270. The quantitative estimate of drug-likeness (QED) is 0.180. The van der Waals surface area contributed by atoms with Crippen LogP contribution >= 0.6 is 15.9 Å². The lowest BCUT2D eigenvalue weighted by Gasteiger charge is -2.39. The van der Waals surface area contributed by atoms with Crippen molar-refractivity contribution >= 4 is 54.5 Å². The minimum absolute atomic E-state index is 0.0250. The zero-order chi connectivity index (χ0) is 34.5. The van der Waals surface area contributed by atoms with Crippen LogP contribution in [0.4, 0.5) is 5.69 Å². The number of allylic oxidation sites excluding steroid dienone is 1. The van der Waals surface area contributed by atoms with Gasteiger partial charge in [0.2, 0.25) is 0 Å². The molecular formula is C45H43BrN2O. The molecule has 2 atom stereocenters. The van der Waals surface area contributed by atoms with Gasteiger partial charge in [0.15, 0.2) is 5.78 Å². The Morgan fingerprint density at radius 2 is 1.41 bits per heavy atom. The number of fused-ring (bicyclic) bond motifs is 6. The number of halogens is 1. The van der Waals surface area contributed by atoms with E-state index in [1.807, 2.05) is 0 Å². The van der Waals surface area contributed by atoms with Gasteiger partial charge in [-0.1, -0.05) is 109 Å². The molecule has 2 unspecified atom stereocenters. The fraction of sp³-hybridized carbons (Fsp3) is 0.222. The molecule has 49 heavy (non-hydrogen) atoms. The van der Waals surface area contributed by atoms with Gasteiger partial charge in [-0.05, 0) is 136 Å². The molecule has 2 aliphatic rings. The number of nitrogens with one attached hydrogen (secondary N) is 1. The highest BCUT2D eigenvalue weighted by Gasteiger charge is 2.41. The maximum atomic E-state index is 12.9. The average Bonchev–Trinajstić information content (AvgIpc) is 3.09. The molecule has 0 fully saturated rings. The minimum atomic E-state index is -0.968. The highest BCUT2D eigenvalue weighted by Crippen LogP contribution is 2.49. The number of carbonyl (C=O) groups is 1. The van der Waals surface area contributed by atoms with Crippen LogP contribution in [0, 0.1) is 6.92 Å². The van der Waals surface area contributed by atoms with E-state index in [4.69, 9.17) is 5.73 Å². The molecule has 6 aromatic carbocycles. The van der Waals surface area contributed by atoms with Gasteiger partial charge in [0.25, 0.3) is 0 Å². The zero-order valence-corrected chi connectivity index (χ0v) is 30.5. The Morgan fingerprint density at radius 1 is 0.755 bits per heavy atom. The lowest BCUT2D eigenvalue weighted by atomic mass is 9.67. The average molecular weight is 708 g/mol. The molecular weight excluding hydrogens is 664 g/mol. The van der Waals surface area contributed by atoms with Crippen molar-refractivity contribution < 1.29 is 4.79 Å². The Morgan fingerprint density at radius 3 is 2.16 bits per heavy atom. The number of nitrogens with two attached hydrogens (primary N) is 1. The summed E-state index contributed by atoms with van der Waals surface area (Å²) in [5.41, 5.74) is 16.9. The van der Waals surface area contributed by atoms with Gasteiger partial charge in [-0.15, -0.1) is 0 Å². The van der Waals surface area contributed by atoms with E-state index in [1.54, 1.807) is 6.92 Å². The summed E-state index contributed by atoms with van der Waals surface area (Å²) in [5, 5.41) is 8.30. The minimum Gasteiger partial charge on any atom is -0.376 e. The Labute approximate surface area is 298 Å². The van der Waals surface area contributed by atoms with E-state index in [0.717, 1.165) is 16.5 Å². The summed E-state index contributed by atoms with van der Waals surface area (Å²) < 4.78 is 1.11. The number of carbonyl (C=O) groups excluding carboxylic acids is 1. The number of hydrogen-bond acceptors (Lipinski definition) is 3. The van der Waals surface area contributed by atoms with Crippen LogP contribution in [0.1, 0.15) is 74.3 Å². The molecule has 0 saturated heterocycles. The lowest BCUT2D eigenvalue weighted by molar-refractivity contribution is -0.122. The second kappa shape index (κ2) is 12.7. The summed E-state index contributed by atoms with van der Waals surface area (Å²) in [6.07, 6.45) is 3.75. The molecule has 1 heterocycles. The number of hydrogen-bond donors (Lipinski definition) is 2. The lowest BCUT2D eigenvalue weighted by Crippen LogP contribution is -2.47. The first kappa shape index (κ1) is 33.0. The monoisotopic (exact) mass is 706 g/mol. The van der Waals surface area contributed by atoms with Crippen LogP contribution in [-0.2, 0) is 10.3 Å². The molecule has 8 rings (SSSR count). The Balaban J connectivity index is 0.000000244. The number of ketones is 1. The Kier molecular flexibility index (Phi) is 8.59. The number of Topliss-reactive ketones (excluding diaryl/α,β-unsaturated/α-hetero) is 1. The van der Waals surface area contributed by atoms with Crippen LogP contribution in [0.15, 0.2) is 126 Å². The van der Waals surface area contributed by atoms with Crippen LogP contribution in [0.2, 0.25) is 0 Å². The van der Waals surface area contributed by atoms with Gasteiger partial charge >= 0.3 is 0 Å². The van der Waals surface area contributed by atoms with E-state index in [2.05, 4.69) is 170 Å². The molecule has 4 heteroatoms. The van der Waals surface area contributed by atoms with Crippen molar-refractivity contribution in [3.05, 3.63) is 154 Å². The van der Waals surface area contributed by atoms with Gasteiger partial charge in [-0.3, -0.25) is 4.79 Å². The summed E-state index contributed by atoms with van der Waals surface area (Å²) in [6, 6.07) is 40.7. The summed E-state index contributed by atoms with van der Waals surface area (Å²) in [6.45, 7) is 10.3. The first-order valence-electron chi connectivity index (χ1n) is 17.1. The van der Waals surface area contributed by atoms with Gasteiger partial charge < -0.3 is 11.1 Å². The molecule has 0 saturated carbocycles. The van der Waals surface area contributed by atoms with Crippen LogP contribution < -0.4 is 11.1 Å².